The van der Waals surface area contributed by atoms with Crippen LogP contribution in [0.1, 0.15) is 51.7 Å². The Bertz CT molecular complexity index is 429. The second-order valence-corrected chi connectivity index (χ2v) is 5.54. The first-order valence-electron chi connectivity index (χ1n) is 7.36. The number of nitrogens with zero attached hydrogens (tertiary/aromatic N) is 2. The zero-order valence-electron chi connectivity index (χ0n) is 12.6. The molecular formula is C14H25N3O3. The summed E-state index contributed by atoms with van der Waals surface area (Å²) in [5, 5.41) is 4.14. The minimum Gasteiger partial charge on any atom is -0.381 e. The van der Waals surface area contributed by atoms with Gasteiger partial charge >= 0.3 is 0 Å². The third kappa shape index (κ3) is 2.73. The van der Waals surface area contributed by atoms with Crippen molar-refractivity contribution in [3.8, 4) is 0 Å². The molecule has 1 aromatic heterocycles. The molecule has 0 spiro atoms. The second kappa shape index (κ2) is 6.20. The van der Waals surface area contributed by atoms with Gasteiger partial charge in [0.25, 0.3) is 0 Å². The summed E-state index contributed by atoms with van der Waals surface area (Å²) in [4.78, 5) is 4.60. The van der Waals surface area contributed by atoms with Crippen LogP contribution in [0.15, 0.2) is 4.52 Å². The second-order valence-electron chi connectivity index (χ2n) is 5.54. The van der Waals surface area contributed by atoms with E-state index in [1.807, 2.05) is 13.8 Å². The van der Waals surface area contributed by atoms with Crippen molar-refractivity contribution in [2.24, 2.45) is 5.73 Å². The van der Waals surface area contributed by atoms with Crippen molar-refractivity contribution in [2.75, 3.05) is 26.4 Å². The summed E-state index contributed by atoms with van der Waals surface area (Å²) in [6.07, 6.45) is 2.43. The fraction of sp³-hybridized carbons (Fsp3) is 0.857. The molecule has 0 aliphatic carbocycles. The summed E-state index contributed by atoms with van der Waals surface area (Å²) in [5.74, 6) is 1.23. The van der Waals surface area contributed by atoms with Crippen molar-refractivity contribution < 1.29 is 14.0 Å². The summed E-state index contributed by atoms with van der Waals surface area (Å²) in [5.41, 5.74) is 5.22. The highest BCUT2D eigenvalue weighted by atomic mass is 16.5. The average Bonchev–Trinajstić information content (AvgIpc) is 2.99. The average molecular weight is 283 g/mol. The van der Waals surface area contributed by atoms with Crippen molar-refractivity contribution in [1.82, 2.24) is 10.1 Å². The predicted molar refractivity (Wildman–Crippen MR) is 74.4 cm³/mol. The fourth-order valence-electron chi connectivity index (χ4n) is 2.56. The molecule has 1 unspecified atom stereocenters. The number of aromatic nitrogens is 2. The van der Waals surface area contributed by atoms with E-state index in [1.54, 1.807) is 0 Å². The largest absolute Gasteiger partial charge is 0.381 e. The van der Waals surface area contributed by atoms with Gasteiger partial charge in [-0.2, -0.15) is 4.98 Å². The van der Waals surface area contributed by atoms with Crippen LogP contribution in [0.25, 0.3) is 0 Å². The van der Waals surface area contributed by atoms with Crippen LogP contribution in [-0.4, -0.2) is 36.5 Å². The standard InChI is InChI=1S/C14H25N3O3/c1-4-13(3,19-5-2)11-16-12(20-17-11)14(10-15)6-8-18-9-7-14/h4-10,15H2,1-3H3. The van der Waals surface area contributed by atoms with Gasteiger partial charge in [0.1, 0.15) is 5.60 Å². The lowest BCUT2D eigenvalue weighted by molar-refractivity contribution is -0.0403. The van der Waals surface area contributed by atoms with E-state index in [4.69, 9.17) is 19.7 Å². The van der Waals surface area contributed by atoms with Gasteiger partial charge in [-0.1, -0.05) is 12.1 Å². The van der Waals surface area contributed by atoms with Crippen molar-refractivity contribution in [2.45, 2.75) is 51.0 Å². The normalized spacial score (nSPS) is 21.6. The van der Waals surface area contributed by atoms with Crippen LogP contribution in [0.2, 0.25) is 0 Å². The van der Waals surface area contributed by atoms with Crippen LogP contribution in [0, 0.1) is 0 Å². The van der Waals surface area contributed by atoms with Gasteiger partial charge in [0, 0.05) is 26.4 Å². The fourth-order valence-corrected chi connectivity index (χ4v) is 2.56. The molecule has 1 aromatic rings. The molecule has 2 N–H and O–H groups in total. The topological polar surface area (TPSA) is 83.4 Å². The molecule has 114 valence electrons. The van der Waals surface area contributed by atoms with Crippen molar-refractivity contribution in [3.63, 3.8) is 0 Å². The van der Waals surface area contributed by atoms with Crippen LogP contribution in [0.3, 0.4) is 0 Å². The molecule has 1 aliphatic heterocycles. The number of ether oxygens (including phenoxy) is 2. The Labute approximate surface area is 120 Å². The molecule has 1 atom stereocenters. The van der Waals surface area contributed by atoms with Gasteiger partial charge in [-0.05, 0) is 33.1 Å². The third-order valence-corrected chi connectivity index (χ3v) is 4.33. The first-order chi connectivity index (χ1) is 9.60. The van der Waals surface area contributed by atoms with E-state index < -0.39 is 5.60 Å². The monoisotopic (exact) mass is 283 g/mol. The Balaban J connectivity index is 2.27. The Morgan fingerprint density at radius 3 is 2.60 bits per heavy atom. The predicted octanol–water partition coefficient (Wildman–Crippen LogP) is 1.74. The van der Waals surface area contributed by atoms with E-state index in [9.17, 15) is 0 Å². The zero-order chi connectivity index (χ0) is 14.6. The van der Waals surface area contributed by atoms with Gasteiger partial charge in [0.05, 0.1) is 5.41 Å². The molecular weight excluding hydrogens is 258 g/mol. The molecule has 0 amide bonds. The molecule has 1 fully saturated rings. The summed E-state index contributed by atoms with van der Waals surface area (Å²) < 4.78 is 16.7. The molecule has 6 heteroatoms. The van der Waals surface area contributed by atoms with Crippen molar-refractivity contribution >= 4 is 0 Å². The minimum absolute atomic E-state index is 0.246. The summed E-state index contributed by atoms with van der Waals surface area (Å²) in [6, 6.07) is 0. The third-order valence-electron chi connectivity index (χ3n) is 4.33. The van der Waals surface area contributed by atoms with Gasteiger partial charge in [0.15, 0.2) is 0 Å². The Morgan fingerprint density at radius 2 is 2.05 bits per heavy atom. The lowest BCUT2D eigenvalue weighted by Crippen LogP contribution is -2.41. The summed E-state index contributed by atoms with van der Waals surface area (Å²) in [6.45, 7) is 8.49. The maximum Gasteiger partial charge on any atom is 0.234 e. The highest BCUT2D eigenvalue weighted by Crippen LogP contribution is 2.35. The van der Waals surface area contributed by atoms with E-state index >= 15 is 0 Å². The van der Waals surface area contributed by atoms with E-state index in [-0.39, 0.29) is 5.41 Å². The highest BCUT2D eigenvalue weighted by molar-refractivity contribution is 5.10. The summed E-state index contributed by atoms with van der Waals surface area (Å²) >= 11 is 0. The lowest BCUT2D eigenvalue weighted by atomic mass is 9.80. The van der Waals surface area contributed by atoms with E-state index in [2.05, 4.69) is 17.1 Å². The Hall–Kier alpha value is -0.980. The van der Waals surface area contributed by atoms with Crippen LogP contribution < -0.4 is 5.73 Å². The molecule has 1 saturated heterocycles. The quantitative estimate of drug-likeness (QED) is 0.856. The number of hydrogen-bond acceptors (Lipinski definition) is 6. The van der Waals surface area contributed by atoms with Gasteiger partial charge in [-0.15, -0.1) is 0 Å². The zero-order valence-corrected chi connectivity index (χ0v) is 12.6. The van der Waals surface area contributed by atoms with Gasteiger partial charge in [-0.3, -0.25) is 0 Å². The summed E-state index contributed by atoms with van der Waals surface area (Å²) in [7, 11) is 0. The van der Waals surface area contributed by atoms with Gasteiger partial charge < -0.3 is 19.7 Å². The van der Waals surface area contributed by atoms with Crippen LogP contribution in [-0.2, 0) is 20.5 Å². The van der Waals surface area contributed by atoms with Gasteiger partial charge in [0.2, 0.25) is 11.7 Å². The molecule has 1 aliphatic rings. The molecule has 2 heterocycles. The Morgan fingerprint density at radius 1 is 1.35 bits per heavy atom. The molecule has 20 heavy (non-hydrogen) atoms. The smallest absolute Gasteiger partial charge is 0.234 e. The molecule has 0 bridgehead atoms. The maximum atomic E-state index is 5.97. The molecule has 0 saturated carbocycles. The molecule has 2 rings (SSSR count). The van der Waals surface area contributed by atoms with E-state index in [0.29, 0.717) is 38.1 Å². The van der Waals surface area contributed by atoms with Crippen molar-refractivity contribution in [1.29, 1.82) is 0 Å². The van der Waals surface area contributed by atoms with Crippen LogP contribution >= 0.6 is 0 Å². The first-order valence-corrected chi connectivity index (χ1v) is 7.36. The Kier molecular flexibility index (Phi) is 4.78. The molecule has 0 aromatic carbocycles. The molecule has 0 radical (unpaired) electrons. The SMILES string of the molecule is CCOC(C)(CC)c1noc(C2(CN)CCOCC2)n1. The van der Waals surface area contributed by atoms with Crippen LogP contribution in [0.4, 0.5) is 0 Å². The van der Waals surface area contributed by atoms with E-state index in [1.165, 1.54) is 0 Å². The number of hydrogen-bond donors (Lipinski definition) is 1. The van der Waals surface area contributed by atoms with Crippen molar-refractivity contribution in [3.05, 3.63) is 11.7 Å². The lowest BCUT2D eigenvalue weighted by Gasteiger charge is -2.32. The van der Waals surface area contributed by atoms with Gasteiger partial charge in [-0.25, -0.2) is 0 Å². The van der Waals surface area contributed by atoms with Crippen LogP contribution in [0.5, 0.6) is 0 Å². The highest BCUT2D eigenvalue weighted by Gasteiger charge is 2.40. The number of rotatable bonds is 6. The minimum atomic E-state index is -0.503. The molecule has 6 nitrogen and oxygen atoms in total. The van der Waals surface area contributed by atoms with E-state index in [0.717, 1.165) is 19.3 Å². The first kappa shape index (κ1) is 15.4. The maximum absolute atomic E-state index is 5.97. The number of nitrogens with two attached hydrogens (primary N) is 1.